The number of hydrogen-bond donors (Lipinski definition) is 2. The quantitative estimate of drug-likeness (QED) is 0.357. The summed E-state index contributed by atoms with van der Waals surface area (Å²) in [7, 11) is 8.53. The molecule has 1 atom stereocenters. The largest absolute Gasteiger partial charge is 0.507 e. The van der Waals surface area contributed by atoms with E-state index in [9.17, 15) is 14.7 Å². The zero-order valence-electron chi connectivity index (χ0n) is 19.9. The van der Waals surface area contributed by atoms with Gasteiger partial charge in [0, 0.05) is 11.1 Å². The van der Waals surface area contributed by atoms with Gasteiger partial charge in [0.2, 0.25) is 0 Å². The molecule has 176 valence electrons. The predicted octanol–water partition coefficient (Wildman–Crippen LogP) is 1.59. The van der Waals surface area contributed by atoms with E-state index in [2.05, 4.69) is 0 Å². The Morgan fingerprint density at radius 2 is 1.73 bits per heavy atom. The molecule has 1 fully saturated rings. The Balaban J connectivity index is 2.25. The average molecular weight is 456 g/mol. The van der Waals surface area contributed by atoms with Gasteiger partial charge in [-0.25, -0.2) is 0 Å². The molecule has 1 amide bonds. The number of carbonyl (C=O) groups is 2. The predicted molar refractivity (Wildman–Crippen MR) is 124 cm³/mol. The molecule has 2 aromatic rings. The topological polar surface area (TPSA) is 89.7 Å². The Morgan fingerprint density at radius 3 is 2.30 bits per heavy atom. The van der Waals surface area contributed by atoms with Crippen LogP contribution in [0.5, 0.6) is 17.2 Å². The number of methoxy groups -OCH3 is 3. The van der Waals surface area contributed by atoms with E-state index in [4.69, 9.17) is 14.2 Å². The van der Waals surface area contributed by atoms with E-state index in [1.54, 1.807) is 43.5 Å². The van der Waals surface area contributed by atoms with Crippen LogP contribution in [0.15, 0.2) is 42.0 Å². The molecule has 1 heterocycles. The minimum Gasteiger partial charge on any atom is -0.507 e. The summed E-state index contributed by atoms with van der Waals surface area (Å²) in [4.78, 5) is 28.9. The third-order valence-corrected chi connectivity index (χ3v) is 5.79. The summed E-state index contributed by atoms with van der Waals surface area (Å²) in [5, 5.41) is 11.3. The van der Waals surface area contributed by atoms with Gasteiger partial charge in [0.15, 0.2) is 11.5 Å². The number of amides is 1. The first-order valence-corrected chi connectivity index (χ1v) is 10.7. The number of aliphatic hydroxyl groups is 1. The highest BCUT2D eigenvalue weighted by Crippen LogP contribution is 2.45. The molecule has 1 aliphatic heterocycles. The number of rotatable bonds is 8. The minimum absolute atomic E-state index is 0.0184. The molecule has 0 saturated carbocycles. The maximum Gasteiger partial charge on any atom is 0.295 e. The van der Waals surface area contributed by atoms with Crippen molar-refractivity contribution >= 4 is 17.4 Å². The van der Waals surface area contributed by atoms with Crippen molar-refractivity contribution in [3.63, 3.8) is 0 Å². The van der Waals surface area contributed by atoms with E-state index in [-0.39, 0.29) is 11.3 Å². The normalized spacial score (nSPS) is 17.5. The van der Waals surface area contributed by atoms with E-state index in [1.807, 2.05) is 21.0 Å². The highest BCUT2D eigenvalue weighted by molar-refractivity contribution is 6.46. The number of ether oxygens (including phenoxy) is 3. The van der Waals surface area contributed by atoms with Crippen molar-refractivity contribution in [1.29, 1.82) is 0 Å². The van der Waals surface area contributed by atoms with E-state index < -0.39 is 17.7 Å². The molecule has 0 bridgehead atoms. The Hall–Kier alpha value is -3.52. The molecule has 1 saturated heterocycles. The number of aryl methyl sites for hydroxylation is 1. The maximum atomic E-state index is 13.2. The van der Waals surface area contributed by atoms with Gasteiger partial charge in [-0.15, -0.1) is 0 Å². The molecule has 3 rings (SSSR count). The molecule has 1 unspecified atom stereocenters. The lowest BCUT2D eigenvalue weighted by Crippen LogP contribution is -3.06. The lowest BCUT2D eigenvalue weighted by Gasteiger charge is -2.27. The number of ketones is 1. The number of aliphatic hydroxyl groups excluding tert-OH is 1. The second-order valence-corrected chi connectivity index (χ2v) is 8.22. The number of para-hydroxylation sites is 1. The molecule has 33 heavy (non-hydrogen) atoms. The first-order valence-electron chi connectivity index (χ1n) is 10.7. The van der Waals surface area contributed by atoms with Gasteiger partial charge in [-0.1, -0.05) is 12.1 Å². The number of Topliss-reactive ketones (excluding diaryl/α,β-unsaturated/α-hetero) is 1. The molecular weight excluding hydrogens is 424 g/mol. The summed E-state index contributed by atoms with van der Waals surface area (Å²) in [6, 6.07) is 9.58. The van der Waals surface area contributed by atoms with Gasteiger partial charge in [0.05, 0.1) is 60.1 Å². The Kier molecular flexibility index (Phi) is 7.28. The van der Waals surface area contributed by atoms with E-state index in [0.717, 1.165) is 10.5 Å². The molecule has 0 radical (unpaired) electrons. The fourth-order valence-corrected chi connectivity index (χ4v) is 4.09. The van der Waals surface area contributed by atoms with Gasteiger partial charge < -0.3 is 29.1 Å². The molecule has 0 aliphatic carbocycles. The molecule has 2 aromatic carbocycles. The van der Waals surface area contributed by atoms with Crippen molar-refractivity contribution in [3.05, 3.63) is 58.7 Å². The monoisotopic (exact) mass is 455 g/mol. The first-order chi connectivity index (χ1) is 15.7. The molecule has 0 aromatic heterocycles. The zero-order valence-corrected chi connectivity index (χ0v) is 19.9. The molecule has 2 N–H and O–H groups in total. The van der Waals surface area contributed by atoms with E-state index in [0.29, 0.717) is 41.5 Å². The van der Waals surface area contributed by atoms with Crippen LogP contribution in [0.4, 0.5) is 0 Å². The Bertz CT molecular complexity index is 1090. The third kappa shape index (κ3) is 4.52. The summed E-state index contributed by atoms with van der Waals surface area (Å²) in [5.41, 5.74) is 1.81. The van der Waals surface area contributed by atoms with Gasteiger partial charge >= 0.3 is 0 Å². The SMILES string of the molecule is COc1ccc(C(O)=C2C(=O)C(=O)N(CC[NH+](C)C)C2c2cccc(OC)c2OC)cc1C. The van der Waals surface area contributed by atoms with Crippen molar-refractivity contribution in [2.45, 2.75) is 13.0 Å². The Labute approximate surface area is 194 Å². The van der Waals surface area contributed by atoms with Gasteiger partial charge in [-0.05, 0) is 36.8 Å². The van der Waals surface area contributed by atoms with Crippen LogP contribution in [0.3, 0.4) is 0 Å². The standard InChI is InChI=1S/C25H30N2O6/c1-15-14-16(10-11-18(15)31-4)22(28)20-21(17-8-7-9-19(32-5)24(17)33-6)27(13-12-26(2)3)25(30)23(20)29/h7-11,14,21,28H,12-13H2,1-6H3/p+1. The van der Waals surface area contributed by atoms with Crippen molar-refractivity contribution in [1.82, 2.24) is 4.90 Å². The molecule has 1 aliphatic rings. The van der Waals surface area contributed by atoms with Crippen LogP contribution >= 0.6 is 0 Å². The number of nitrogens with one attached hydrogen (secondary N) is 1. The summed E-state index contributed by atoms with van der Waals surface area (Å²) in [6.45, 7) is 2.80. The zero-order chi connectivity index (χ0) is 24.3. The number of carbonyl (C=O) groups excluding carboxylic acids is 2. The summed E-state index contributed by atoms with van der Waals surface area (Å²) < 4.78 is 16.3. The number of benzene rings is 2. The van der Waals surface area contributed by atoms with Crippen molar-refractivity contribution in [3.8, 4) is 17.2 Å². The van der Waals surface area contributed by atoms with Crippen molar-refractivity contribution in [2.75, 3.05) is 48.5 Å². The number of nitrogens with zero attached hydrogens (tertiary/aromatic N) is 1. The van der Waals surface area contributed by atoms with Crippen LogP contribution in [0.1, 0.15) is 22.7 Å². The van der Waals surface area contributed by atoms with Gasteiger partial charge in [-0.2, -0.15) is 0 Å². The highest BCUT2D eigenvalue weighted by Gasteiger charge is 2.47. The lowest BCUT2D eigenvalue weighted by atomic mass is 9.94. The third-order valence-electron chi connectivity index (χ3n) is 5.79. The van der Waals surface area contributed by atoms with Crippen molar-refractivity contribution in [2.24, 2.45) is 0 Å². The van der Waals surface area contributed by atoms with Crippen LogP contribution < -0.4 is 19.1 Å². The number of likely N-dealkylation sites (N-methyl/N-ethyl adjacent to an activating group) is 1. The first kappa shape index (κ1) is 24.1. The minimum atomic E-state index is -0.822. The summed E-state index contributed by atoms with van der Waals surface area (Å²) in [6.07, 6.45) is 0. The molecule has 0 spiro atoms. The second kappa shape index (κ2) is 9.95. The molecular formula is C25H31N2O6+. The number of quaternary nitrogens is 1. The second-order valence-electron chi connectivity index (χ2n) is 8.22. The fraction of sp³-hybridized carbons (Fsp3) is 0.360. The Morgan fingerprint density at radius 1 is 1.03 bits per heavy atom. The van der Waals surface area contributed by atoms with Gasteiger partial charge in [0.1, 0.15) is 11.5 Å². The summed E-state index contributed by atoms with van der Waals surface area (Å²) >= 11 is 0. The fourth-order valence-electron chi connectivity index (χ4n) is 4.09. The van der Waals surface area contributed by atoms with Crippen LogP contribution in [0.25, 0.3) is 5.76 Å². The maximum absolute atomic E-state index is 13.2. The molecule has 8 nitrogen and oxygen atoms in total. The molecule has 8 heteroatoms. The van der Waals surface area contributed by atoms with Crippen LogP contribution in [-0.2, 0) is 9.59 Å². The average Bonchev–Trinajstić information content (AvgIpc) is 3.06. The lowest BCUT2D eigenvalue weighted by molar-refractivity contribution is -0.857. The van der Waals surface area contributed by atoms with E-state index >= 15 is 0 Å². The number of likely N-dealkylation sites (tertiary alicyclic amines) is 1. The van der Waals surface area contributed by atoms with Gasteiger partial charge in [-0.3, -0.25) is 9.59 Å². The highest BCUT2D eigenvalue weighted by atomic mass is 16.5. The van der Waals surface area contributed by atoms with Crippen LogP contribution in [0, 0.1) is 6.92 Å². The van der Waals surface area contributed by atoms with Crippen molar-refractivity contribution < 1.29 is 33.8 Å². The van der Waals surface area contributed by atoms with E-state index in [1.165, 1.54) is 19.1 Å². The number of hydrogen-bond acceptors (Lipinski definition) is 6. The van der Waals surface area contributed by atoms with Gasteiger partial charge in [0.25, 0.3) is 11.7 Å². The van der Waals surface area contributed by atoms with Crippen LogP contribution in [-0.4, -0.2) is 70.2 Å². The smallest absolute Gasteiger partial charge is 0.295 e. The van der Waals surface area contributed by atoms with Crippen LogP contribution in [0.2, 0.25) is 0 Å². The summed E-state index contributed by atoms with van der Waals surface area (Å²) in [5.74, 6) is -0.0896.